The van der Waals surface area contributed by atoms with Crippen LogP contribution in [0.1, 0.15) is 73.9 Å². The van der Waals surface area contributed by atoms with Crippen molar-refractivity contribution in [2.24, 2.45) is 11.7 Å². The van der Waals surface area contributed by atoms with Gasteiger partial charge in [0.05, 0.1) is 11.2 Å². The van der Waals surface area contributed by atoms with Gasteiger partial charge in [0.1, 0.15) is 11.5 Å². The Morgan fingerprint density at radius 1 is 1.34 bits per heavy atom. The van der Waals surface area contributed by atoms with Crippen molar-refractivity contribution >= 4 is 11.7 Å². The van der Waals surface area contributed by atoms with Crippen LogP contribution in [0.25, 0.3) is 0 Å². The number of nitrogens with two attached hydrogens (primary N) is 1. The van der Waals surface area contributed by atoms with Crippen LogP contribution >= 0.6 is 0 Å². The Labute approximate surface area is 172 Å². The van der Waals surface area contributed by atoms with Crippen LogP contribution in [-0.2, 0) is 16.6 Å². The van der Waals surface area contributed by atoms with E-state index in [2.05, 4.69) is 11.8 Å². The Hall–Kier alpha value is -1.92. The van der Waals surface area contributed by atoms with E-state index in [4.69, 9.17) is 5.73 Å². The molecular formula is C23H32N2O4. The zero-order valence-corrected chi connectivity index (χ0v) is 17.4. The van der Waals surface area contributed by atoms with Crippen molar-refractivity contribution in [3.63, 3.8) is 0 Å². The molecule has 2 saturated carbocycles. The SMILES string of the molecule is CCN(CC1CCC1)[C@@H]1Cc2ccc(C(N)=O)c(O)c2[C@@]2(C)CC(=O)CC[C@@]12O. The van der Waals surface area contributed by atoms with Crippen LogP contribution in [0.3, 0.4) is 0 Å². The number of carbonyl (C=O) groups is 2. The third kappa shape index (κ3) is 2.99. The summed E-state index contributed by atoms with van der Waals surface area (Å²) >= 11 is 0. The third-order valence-corrected chi connectivity index (χ3v) is 7.90. The van der Waals surface area contributed by atoms with Gasteiger partial charge < -0.3 is 15.9 Å². The number of nitrogens with zero attached hydrogens (tertiary/aromatic N) is 1. The number of likely N-dealkylation sites (N-methyl/N-ethyl adjacent to an activating group) is 1. The van der Waals surface area contributed by atoms with E-state index in [9.17, 15) is 19.8 Å². The number of aromatic hydroxyl groups is 1. The Kier molecular flexibility index (Phi) is 4.98. The molecular weight excluding hydrogens is 368 g/mol. The first-order chi connectivity index (χ1) is 13.7. The number of fused-ring (bicyclic) bond motifs is 3. The van der Waals surface area contributed by atoms with Crippen molar-refractivity contribution < 1.29 is 19.8 Å². The number of hydrogen-bond acceptors (Lipinski definition) is 5. The normalized spacial score (nSPS) is 31.9. The van der Waals surface area contributed by atoms with Crippen molar-refractivity contribution in [3.05, 3.63) is 28.8 Å². The van der Waals surface area contributed by atoms with Crippen LogP contribution in [0.5, 0.6) is 5.75 Å². The molecule has 2 fully saturated rings. The lowest BCUT2D eigenvalue weighted by atomic mass is 9.52. The van der Waals surface area contributed by atoms with Gasteiger partial charge >= 0.3 is 0 Å². The quantitative estimate of drug-likeness (QED) is 0.703. The highest BCUT2D eigenvalue weighted by Gasteiger charge is 2.61. The van der Waals surface area contributed by atoms with Crippen LogP contribution in [0.2, 0.25) is 0 Å². The van der Waals surface area contributed by atoms with Crippen molar-refractivity contribution in [3.8, 4) is 5.75 Å². The molecule has 29 heavy (non-hydrogen) atoms. The number of benzene rings is 1. The van der Waals surface area contributed by atoms with Gasteiger partial charge in [0.25, 0.3) is 5.91 Å². The lowest BCUT2D eigenvalue weighted by Crippen LogP contribution is -2.68. The van der Waals surface area contributed by atoms with Crippen LogP contribution < -0.4 is 5.73 Å². The lowest BCUT2D eigenvalue weighted by molar-refractivity contribution is -0.151. The fourth-order valence-electron chi connectivity index (χ4n) is 5.99. The first-order valence-electron chi connectivity index (χ1n) is 10.8. The zero-order valence-electron chi connectivity index (χ0n) is 17.4. The number of hydrogen-bond donors (Lipinski definition) is 3. The van der Waals surface area contributed by atoms with Crippen molar-refractivity contribution in [2.75, 3.05) is 13.1 Å². The summed E-state index contributed by atoms with van der Waals surface area (Å²) in [5, 5.41) is 23.1. The molecule has 1 amide bonds. The van der Waals surface area contributed by atoms with E-state index in [-0.39, 0.29) is 29.6 Å². The maximum Gasteiger partial charge on any atom is 0.252 e. The highest BCUT2D eigenvalue weighted by Crippen LogP contribution is 2.56. The highest BCUT2D eigenvalue weighted by atomic mass is 16.3. The third-order valence-electron chi connectivity index (χ3n) is 7.90. The molecule has 3 aliphatic carbocycles. The topological polar surface area (TPSA) is 104 Å². The molecule has 158 valence electrons. The fourth-order valence-corrected chi connectivity index (χ4v) is 5.99. The van der Waals surface area contributed by atoms with Crippen molar-refractivity contribution in [1.82, 2.24) is 4.90 Å². The van der Waals surface area contributed by atoms with Gasteiger partial charge in [-0.25, -0.2) is 0 Å². The minimum Gasteiger partial charge on any atom is -0.507 e. The molecule has 0 radical (unpaired) electrons. The van der Waals surface area contributed by atoms with Gasteiger partial charge in [-0.1, -0.05) is 26.3 Å². The molecule has 0 heterocycles. The number of phenols is 1. The summed E-state index contributed by atoms with van der Waals surface area (Å²) in [6, 6.07) is 3.27. The molecule has 0 saturated heterocycles. The maximum atomic E-state index is 12.5. The minimum absolute atomic E-state index is 0.0469. The Morgan fingerprint density at radius 3 is 2.66 bits per heavy atom. The van der Waals surface area contributed by atoms with Crippen LogP contribution in [0, 0.1) is 5.92 Å². The molecule has 0 unspecified atom stereocenters. The van der Waals surface area contributed by atoms with E-state index in [0.717, 1.165) is 18.7 Å². The van der Waals surface area contributed by atoms with Gasteiger partial charge in [0.15, 0.2) is 0 Å². The molecule has 0 aliphatic heterocycles. The Bertz CT molecular complexity index is 850. The van der Waals surface area contributed by atoms with E-state index in [1.54, 1.807) is 6.07 Å². The Morgan fingerprint density at radius 2 is 2.07 bits per heavy atom. The van der Waals surface area contributed by atoms with Gasteiger partial charge in [-0.15, -0.1) is 0 Å². The fraction of sp³-hybridized carbons (Fsp3) is 0.652. The molecule has 0 spiro atoms. The van der Waals surface area contributed by atoms with E-state index >= 15 is 0 Å². The van der Waals surface area contributed by atoms with Gasteiger partial charge in [-0.05, 0) is 49.8 Å². The summed E-state index contributed by atoms with van der Waals surface area (Å²) in [6.07, 6.45) is 5.19. The smallest absolute Gasteiger partial charge is 0.252 e. The monoisotopic (exact) mass is 400 g/mol. The summed E-state index contributed by atoms with van der Waals surface area (Å²) in [7, 11) is 0. The maximum absolute atomic E-state index is 12.5. The number of ketones is 1. The van der Waals surface area contributed by atoms with Gasteiger partial charge in [0, 0.05) is 36.4 Å². The number of primary amides is 1. The van der Waals surface area contributed by atoms with Gasteiger partial charge in [-0.3, -0.25) is 14.5 Å². The van der Waals surface area contributed by atoms with Crippen molar-refractivity contribution in [1.29, 1.82) is 0 Å². The van der Waals surface area contributed by atoms with Crippen LogP contribution in [0.15, 0.2) is 12.1 Å². The summed E-state index contributed by atoms with van der Waals surface area (Å²) in [5.74, 6) is -0.134. The molecule has 3 atom stereocenters. The van der Waals surface area contributed by atoms with E-state index < -0.39 is 16.9 Å². The van der Waals surface area contributed by atoms with Crippen LogP contribution in [0.4, 0.5) is 0 Å². The average molecular weight is 401 g/mol. The molecule has 6 heteroatoms. The second-order valence-electron chi connectivity index (χ2n) is 9.44. The number of carbonyl (C=O) groups excluding carboxylic acids is 2. The lowest BCUT2D eigenvalue weighted by Gasteiger charge is -2.58. The first kappa shape index (κ1) is 20.4. The molecule has 3 aliphatic rings. The number of aliphatic hydroxyl groups is 1. The standard InChI is InChI=1S/C23H32N2O4/c1-3-25(13-14-5-4-6-14)18-11-15-7-8-17(21(24)28)20(27)19(15)22(2)12-16(26)9-10-23(18,22)29/h7-8,14,18,27,29H,3-6,9-13H2,1-2H3,(H2,24,28)/t18-,22-,23-/m1/s1. The number of Topliss-reactive ketones (excluding diaryl/α,β-unsaturated/α-hetero) is 1. The van der Waals surface area contributed by atoms with Crippen LogP contribution in [-0.4, -0.2) is 51.5 Å². The molecule has 1 aromatic carbocycles. The summed E-state index contributed by atoms with van der Waals surface area (Å²) in [5.41, 5.74) is 4.82. The molecule has 4 rings (SSSR count). The largest absolute Gasteiger partial charge is 0.507 e. The first-order valence-corrected chi connectivity index (χ1v) is 10.8. The molecule has 4 N–H and O–H groups in total. The highest BCUT2D eigenvalue weighted by molar-refractivity contribution is 5.96. The second-order valence-corrected chi connectivity index (χ2v) is 9.44. The predicted octanol–water partition coefficient (Wildman–Crippen LogP) is 2.28. The van der Waals surface area contributed by atoms with Gasteiger partial charge in [0.2, 0.25) is 0 Å². The minimum atomic E-state index is -1.15. The average Bonchev–Trinajstić information content (AvgIpc) is 2.62. The predicted molar refractivity (Wildman–Crippen MR) is 110 cm³/mol. The summed E-state index contributed by atoms with van der Waals surface area (Å²) in [4.78, 5) is 26.7. The molecule has 1 aromatic rings. The summed E-state index contributed by atoms with van der Waals surface area (Å²) in [6.45, 7) is 5.77. The van der Waals surface area contributed by atoms with Crippen molar-refractivity contribution in [2.45, 2.75) is 75.9 Å². The summed E-state index contributed by atoms with van der Waals surface area (Å²) < 4.78 is 0. The number of rotatable bonds is 5. The number of amides is 1. The molecule has 0 bridgehead atoms. The van der Waals surface area contributed by atoms with E-state index in [1.807, 2.05) is 13.0 Å². The zero-order chi connectivity index (χ0) is 21.0. The van der Waals surface area contributed by atoms with E-state index in [0.29, 0.717) is 30.7 Å². The molecule has 0 aromatic heterocycles. The Balaban J connectivity index is 1.85. The van der Waals surface area contributed by atoms with Gasteiger partial charge in [-0.2, -0.15) is 0 Å². The second kappa shape index (κ2) is 7.10. The van der Waals surface area contributed by atoms with E-state index in [1.165, 1.54) is 19.3 Å². The molecule has 6 nitrogen and oxygen atoms in total.